The minimum absolute atomic E-state index is 0. The molecule has 1 fully saturated rings. The largest absolute Gasteiger partial charge is 0.349 e. The van der Waals surface area contributed by atoms with Gasteiger partial charge in [0.15, 0.2) is 0 Å². The molecule has 3 rings (SSSR count). The lowest BCUT2D eigenvalue weighted by Gasteiger charge is -2.19. The Kier molecular flexibility index (Phi) is 5.21. The van der Waals surface area contributed by atoms with Crippen LogP contribution in [0.25, 0.3) is 10.9 Å². The van der Waals surface area contributed by atoms with Crippen molar-refractivity contribution in [3.8, 4) is 0 Å². The number of carbonyl (C=O) groups excluding carboxylic acids is 1. The number of para-hydroxylation sites is 1. The Labute approximate surface area is 134 Å². The van der Waals surface area contributed by atoms with Gasteiger partial charge >= 0.3 is 0 Å². The maximum atomic E-state index is 12.5. The molecule has 1 aromatic carbocycles. The number of aromatic amines is 1. The van der Waals surface area contributed by atoms with Gasteiger partial charge in [-0.3, -0.25) is 9.59 Å². The summed E-state index contributed by atoms with van der Waals surface area (Å²) in [5.41, 5.74) is 6.59. The van der Waals surface area contributed by atoms with Crippen LogP contribution in [0.2, 0.25) is 0 Å². The van der Waals surface area contributed by atoms with E-state index in [1.54, 1.807) is 6.07 Å². The fourth-order valence-corrected chi connectivity index (χ4v) is 3.15. The van der Waals surface area contributed by atoms with Gasteiger partial charge in [0.05, 0.1) is 5.56 Å². The van der Waals surface area contributed by atoms with Crippen LogP contribution in [0.3, 0.4) is 0 Å². The third-order valence-electron chi connectivity index (χ3n) is 4.27. The van der Waals surface area contributed by atoms with Crippen molar-refractivity contribution >= 4 is 29.2 Å². The number of hydrogen-bond acceptors (Lipinski definition) is 3. The number of H-pyrrole nitrogens is 1. The number of carbonyl (C=O) groups is 1. The van der Waals surface area contributed by atoms with Gasteiger partial charge in [-0.05, 0) is 31.4 Å². The van der Waals surface area contributed by atoms with Crippen LogP contribution in [0.1, 0.15) is 29.6 Å². The quantitative estimate of drug-likeness (QED) is 0.805. The monoisotopic (exact) mass is 321 g/mol. The second kappa shape index (κ2) is 6.94. The summed E-state index contributed by atoms with van der Waals surface area (Å²) in [5, 5.41) is 3.80. The molecule has 1 saturated carbocycles. The fourth-order valence-electron chi connectivity index (χ4n) is 3.15. The van der Waals surface area contributed by atoms with Gasteiger partial charge < -0.3 is 16.0 Å². The van der Waals surface area contributed by atoms with E-state index < -0.39 is 0 Å². The average molecular weight is 322 g/mol. The van der Waals surface area contributed by atoms with Crippen LogP contribution in [0, 0.1) is 5.92 Å². The zero-order valence-electron chi connectivity index (χ0n) is 12.2. The van der Waals surface area contributed by atoms with E-state index >= 15 is 0 Å². The molecule has 5 nitrogen and oxygen atoms in total. The Bertz CT molecular complexity index is 729. The molecule has 0 spiro atoms. The highest BCUT2D eigenvalue weighted by atomic mass is 35.5. The zero-order chi connectivity index (χ0) is 14.8. The van der Waals surface area contributed by atoms with Crippen LogP contribution in [0.5, 0.6) is 0 Å². The van der Waals surface area contributed by atoms with E-state index in [4.69, 9.17) is 5.73 Å². The molecule has 1 amide bonds. The smallest absolute Gasteiger partial charge is 0.252 e. The predicted molar refractivity (Wildman–Crippen MR) is 89.5 cm³/mol. The second-order valence-electron chi connectivity index (χ2n) is 5.60. The molecule has 2 atom stereocenters. The molecule has 1 aromatic heterocycles. The van der Waals surface area contributed by atoms with Crippen LogP contribution in [-0.2, 0) is 0 Å². The summed E-state index contributed by atoms with van der Waals surface area (Å²) < 4.78 is 0. The van der Waals surface area contributed by atoms with Crippen molar-refractivity contribution in [1.29, 1.82) is 0 Å². The van der Waals surface area contributed by atoms with Gasteiger partial charge in [0, 0.05) is 23.0 Å². The average Bonchev–Trinajstić information content (AvgIpc) is 2.93. The van der Waals surface area contributed by atoms with Crippen molar-refractivity contribution < 1.29 is 4.79 Å². The number of amides is 1. The minimum atomic E-state index is -0.263. The number of pyridine rings is 1. The van der Waals surface area contributed by atoms with E-state index in [2.05, 4.69) is 10.3 Å². The van der Waals surface area contributed by atoms with Crippen LogP contribution >= 0.6 is 12.4 Å². The van der Waals surface area contributed by atoms with E-state index in [-0.39, 0.29) is 29.9 Å². The highest BCUT2D eigenvalue weighted by Gasteiger charge is 2.28. The molecule has 1 aliphatic rings. The summed E-state index contributed by atoms with van der Waals surface area (Å²) >= 11 is 0. The molecule has 0 saturated heterocycles. The highest BCUT2D eigenvalue weighted by Crippen LogP contribution is 2.25. The number of fused-ring (bicyclic) bond motifs is 1. The Morgan fingerprint density at radius 1 is 1.32 bits per heavy atom. The number of benzene rings is 1. The molecule has 4 N–H and O–H groups in total. The molecule has 0 aliphatic heterocycles. The molecule has 6 heteroatoms. The van der Waals surface area contributed by atoms with E-state index in [1.807, 2.05) is 18.2 Å². The first kappa shape index (κ1) is 16.5. The van der Waals surface area contributed by atoms with Crippen molar-refractivity contribution in [3.63, 3.8) is 0 Å². The van der Waals surface area contributed by atoms with Crippen molar-refractivity contribution in [2.45, 2.75) is 25.3 Å². The number of rotatable bonds is 3. The highest BCUT2D eigenvalue weighted by molar-refractivity contribution is 6.06. The molecule has 22 heavy (non-hydrogen) atoms. The first-order valence-electron chi connectivity index (χ1n) is 7.32. The first-order chi connectivity index (χ1) is 10.2. The predicted octanol–water partition coefficient (Wildman–Crippen LogP) is 1.81. The molecule has 118 valence electrons. The van der Waals surface area contributed by atoms with Crippen LogP contribution < -0.4 is 16.6 Å². The third kappa shape index (κ3) is 3.15. The zero-order valence-corrected chi connectivity index (χ0v) is 13.0. The standard InChI is InChI=1S/C16H19N3O2.ClH/c17-9-10-4-3-7-13(10)19-16(21)12-8-15(20)18-14-6-2-1-5-11(12)14;/h1-2,5-6,8,10,13H,3-4,7,9,17H2,(H,18,20)(H,19,21);1H. The number of aromatic nitrogens is 1. The molecule has 1 aliphatic carbocycles. The van der Waals surface area contributed by atoms with Crippen molar-refractivity contribution in [3.05, 3.63) is 46.2 Å². The third-order valence-corrected chi connectivity index (χ3v) is 4.27. The van der Waals surface area contributed by atoms with Gasteiger partial charge in [0.1, 0.15) is 0 Å². The summed E-state index contributed by atoms with van der Waals surface area (Å²) in [6.45, 7) is 0.584. The molecule has 0 radical (unpaired) electrons. The number of nitrogens with one attached hydrogen (secondary N) is 2. The van der Waals surface area contributed by atoms with Gasteiger partial charge in [0.2, 0.25) is 5.56 Å². The Balaban J connectivity index is 0.00000176. The van der Waals surface area contributed by atoms with Crippen LogP contribution in [0.15, 0.2) is 35.1 Å². The first-order valence-corrected chi connectivity index (χ1v) is 7.32. The SMILES string of the molecule is Cl.NCC1CCCC1NC(=O)c1cc(=O)[nH]c2ccccc12. The number of hydrogen-bond donors (Lipinski definition) is 3. The molecule has 1 heterocycles. The maximum absolute atomic E-state index is 12.5. The fraction of sp³-hybridized carbons (Fsp3) is 0.375. The Morgan fingerprint density at radius 2 is 2.09 bits per heavy atom. The van der Waals surface area contributed by atoms with E-state index in [0.29, 0.717) is 23.5 Å². The molecular weight excluding hydrogens is 302 g/mol. The Hall–Kier alpha value is -1.85. The number of halogens is 1. The Morgan fingerprint density at radius 3 is 2.86 bits per heavy atom. The van der Waals surface area contributed by atoms with Gasteiger partial charge in [0.25, 0.3) is 5.91 Å². The topological polar surface area (TPSA) is 88.0 Å². The van der Waals surface area contributed by atoms with E-state index in [9.17, 15) is 9.59 Å². The summed E-state index contributed by atoms with van der Waals surface area (Å²) in [7, 11) is 0. The maximum Gasteiger partial charge on any atom is 0.252 e. The number of nitrogens with two attached hydrogens (primary N) is 1. The molecule has 2 aromatic rings. The van der Waals surface area contributed by atoms with Gasteiger partial charge in [-0.2, -0.15) is 0 Å². The van der Waals surface area contributed by atoms with Crippen molar-refractivity contribution in [2.24, 2.45) is 11.7 Å². The van der Waals surface area contributed by atoms with Crippen molar-refractivity contribution in [1.82, 2.24) is 10.3 Å². The van der Waals surface area contributed by atoms with Crippen molar-refractivity contribution in [2.75, 3.05) is 6.54 Å². The summed E-state index contributed by atoms with van der Waals surface area (Å²) in [6, 6.07) is 8.81. The van der Waals surface area contributed by atoms with Crippen LogP contribution in [-0.4, -0.2) is 23.5 Å². The second-order valence-corrected chi connectivity index (χ2v) is 5.60. The van der Waals surface area contributed by atoms with Gasteiger partial charge in [-0.25, -0.2) is 0 Å². The molecule has 2 unspecified atom stereocenters. The lowest BCUT2D eigenvalue weighted by atomic mass is 10.0. The van der Waals surface area contributed by atoms with E-state index in [1.165, 1.54) is 6.07 Å². The van der Waals surface area contributed by atoms with Gasteiger partial charge in [-0.1, -0.05) is 24.6 Å². The van der Waals surface area contributed by atoms with Crippen LogP contribution in [0.4, 0.5) is 0 Å². The minimum Gasteiger partial charge on any atom is -0.349 e. The molecular formula is C16H20ClN3O2. The van der Waals surface area contributed by atoms with Gasteiger partial charge in [-0.15, -0.1) is 12.4 Å². The lowest BCUT2D eigenvalue weighted by molar-refractivity contribution is 0.0930. The molecule has 0 bridgehead atoms. The lowest BCUT2D eigenvalue weighted by Crippen LogP contribution is -2.40. The normalized spacial score (nSPS) is 20.6. The summed E-state index contributed by atoms with van der Waals surface area (Å²) in [4.78, 5) is 27.0. The summed E-state index contributed by atoms with van der Waals surface area (Å²) in [6.07, 6.45) is 3.09. The summed E-state index contributed by atoms with van der Waals surface area (Å²) in [5.74, 6) is 0.143. The van der Waals surface area contributed by atoms with E-state index in [0.717, 1.165) is 24.6 Å².